The van der Waals surface area contributed by atoms with Crippen LogP contribution in [0.4, 0.5) is 5.69 Å². The maximum atomic E-state index is 13.6. The van der Waals surface area contributed by atoms with Crippen molar-refractivity contribution in [1.82, 2.24) is 14.5 Å². The van der Waals surface area contributed by atoms with E-state index in [1.165, 1.54) is 11.8 Å². The smallest absolute Gasteiger partial charge is 0.268 e. The van der Waals surface area contributed by atoms with Crippen molar-refractivity contribution in [3.63, 3.8) is 0 Å². The number of nitrogens with one attached hydrogen (secondary N) is 1. The number of thioether (sulfide) groups is 1. The molecule has 0 fully saturated rings. The lowest BCUT2D eigenvalue weighted by Gasteiger charge is -2.17. The van der Waals surface area contributed by atoms with E-state index < -0.39 is 0 Å². The fraction of sp³-hybridized carbons (Fsp3) is 0.200. The molecule has 0 bridgehead atoms. The number of fused-ring (bicyclic) bond motifs is 2. The van der Waals surface area contributed by atoms with E-state index in [1.807, 2.05) is 36.4 Å². The summed E-state index contributed by atoms with van der Waals surface area (Å²) >= 11 is 7.12. The Morgan fingerprint density at radius 3 is 2.58 bits per heavy atom. The zero-order valence-corrected chi connectivity index (χ0v) is 19.3. The van der Waals surface area contributed by atoms with Gasteiger partial charge in [-0.05, 0) is 73.7 Å². The van der Waals surface area contributed by atoms with Gasteiger partial charge in [-0.2, -0.15) is 0 Å². The van der Waals surface area contributed by atoms with Gasteiger partial charge in [-0.25, -0.2) is 9.97 Å². The van der Waals surface area contributed by atoms with Crippen molar-refractivity contribution in [3.05, 3.63) is 87.3 Å². The van der Waals surface area contributed by atoms with E-state index in [1.54, 1.807) is 28.8 Å². The van der Waals surface area contributed by atoms with E-state index >= 15 is 0 Å². The van der Waals surface area contributed by atoms with Crippen LogP contribution in [0.2, 0.25) is 5.02 Å². The van der Waals surface area contributed by atoms with E-state index in [2.05, 4.69) is 5.32 Å². The number of hydrogen-bond donors (Lipinski definition) is 1. The Labute approximate surface area is 200 Å². The molecule has 0 atom stereocenters. The molecular formula is C25H21ClN4O2S. The Hall–Kier alpha value is -3.16. The molecule has 6 nitrogen and oxygen atoms in total. The standard InChI is InChI=1S/C25H21ClN4O2S/c26-17-10-12-18(13-11-17)27-22(31)15-33-25-29-23-20(14-16-6-4-5-9-21(16)28-23)24(32)30(25)19-7-2-1-3-8-19/h1-3,7-8,10-14H,4-6,9,15H2,(H,27,31). The van der Waals surface area contributed by atoms with Crippen molar-refractivity contribution in [3.8, 4) is 5.69 Å². The van der Waals surface area contributed by atoms with E-state index in [-0.39, 0.29) is 17.2 Å². The van der Waals surface area contributed by atoms with Crippen LogP contribution in [0.15, 0.2) is 70.6 Å². The molecule has 0 saturated heterocycles. The fourth-order valence-corrected chi connectivity index (χ4v) is 4.90. The zero-order chi connectivity index (χ0) is 22.8. The Balaban J connectivity index is 1.51. The first kappa shape index (κ1) is 21.7. The first-order valence-corrected chi connectivity index (χ1v) is 12.1. The van der Waals surface area contributed by atoms with Gasteiger partial charge in [0.2, 0.25) is 5.91 Å². The average Bonchev–Trinajstić information content (AvgIpc) is 2.84. The zero-order valence-electron chi connectivity index (χ0n) is 17.8. The normalized spacial score (nSPS) is 13.0. The van der Waals surface area contributed by atoms with Gasteiger partial charge in [-0.3, -0.25) is 14.2 Å². The highest BCUT2D eigenvalue weighted by molar-refractivity contribution is 7.99. The van der Waals surface area contributed by atoms with Gasteiger partial charge in [-0.1, -0.05) is 41.6 Å². The first-order chi connectivity index (χ1) is 16.1. The summed E-state index contributed by atoms with van der Waals surface area (Å²) in [6.07, 6.45) is 4.04. The molecule has 2 aromatic carbocycles. The van der Waals surface area contributed by atoms with Gasteiger partial charge in [0.25, 0.3) is 5.56 Å². The predicted molar refractivity (Wildman–Crippen MR) is 133 cm³/mol. The number of benzene rings is 2. The molecule has 0 unspecified atom stereocenters. The van der Waals surface area contributed by atoms with Crippen LogP contribution < -0.4 is 10.9 Å². The topological polar surface area (TPSA) is 76.9 Å². The minimum absolute atomic E-state index is 0.0956. The van der Waals surface area contributed by atoms with Crippen LogP contribution in [0.5, 0.6) is 0 Å². The lowest BCUT2D eigenvalue weighted by atomic mass is 9.95. The highest BCUT2D eigenvalue weighted by Crippen LogP contribution is 2.25. The minimum atomic E-state index is -0.199. The van der Waals surface area contributed by atoms with Gasteiger partial charge in [0, 0.05) is 16.4 Å². The van der Waals surface area contributed by atoms with Crippen LogP contribution >= 0.6 is 23.4 Å². The van der Waals surface area contributed by atoms with Crippen LogP contribution in [-0.4, -0.2) is 26.2 Å². The number of nitrogens with zero attached hydrogens (tertiary/aromatic N) is 3. The summed E-state index contributed by atoms with van der Waals surface area (Å²) in [4.78, 5) is 35.6. The number of rotatable bonds is 5. The van der Waals surface area contributed by atoms with E-state index in [0.29, 0.717) is 32.6 Å². The van der Waals surface area contributed by atoms with E-state index in [4.69, 9.17) is 21.6 Å². The summed E-state index contributed by atoms with van der Waals surface area (Å²) in [5.41, 5.74) is 3.78. The Kier molecular flexibility index (Phi) is 6.15. The average molecular weight is 477 g/mol. The summed E-state index contributed by atoms with van der Waals surface area (Å²) in [6.45, 7) is 0. The fourth-order valence-electron chi connectivity index (χ4n) is 3.98. The second-order valence-corrected chi connectivity index (χ2v) is 9.27. The second-order valence-electron chi connectivity index (χ2n) is 7.89. The van der Waals surface area contributed by atoms with E-state index in [9.17, 15) is 9.59 Å². The van der Waals surface area contributed by atoms with Crippen molar-refractivity contribution in [2.75, 3.05) is 11.1 Å². The number of hydrogen-bond acceptors (Lipinski definition) is 5. The molecule has 8 heteroatoms. The van der Waals surface area contributed by atoms with E-state index in [0.717, 1.165) is 36.9 Å². The number of anilines is 1. The van der Waals surface area contributed by atoms with Gasteiger partial charge in [0.15, 0.2) is 10.8 Å². The molecule has 0 radical (unpaired) electrons. The second kappa shape index (κ2) is 9.37. The Morgan fingerprint density at radius 2 is 1.79 bits per heavy atom. The largest absolute Gasteiger partial charge is 0.325 e. The molecule has 166 valence electrons. The molecule has 1 aliphatic carbocycles. The number of pyridine rings is 1. The quantitative estimate of drug-likeness (QED) is 0.322. The highest BCUT2D eigenvalue weighted by atomic mass is 35.5. The van der Waals surface area contributed by atoms with Crippen LogP contribution in [0.25, 0.3) is 16.7 Å². The van der Waals surface area contributed by atoms with Crippen LogP contribution in [0, 0.1) is 0 Å². The molecule has 2 aromatic heterocycles. The summed E-state index contributed by atoms with van der Waals surface area (Å²) in [7, 11) is 0. The molecule has 1 amide bonds. The van der Waals surface area contributed by atoms with Gasteiger partial charge >= 0.3 is 0 Å². The molecule has 33 heavy (non-hydrogen) atoms. The predicted octanol–water partition coefficient (Wildman–Crippen LogP) is 5.04. The molecule has 2 heterocycles. The third kappa shape index (κ3) is 4.65. The molecule has 0 saturated carbocycles. The first-order valence-electron chi connectivity index (χ1n) is 10.8. The van der Waals surface area contributed by atoms with Crippen molar-refractivity contribution >= 4 is 46.0 Å². The number of aromatic nitrogens is 3. The number of carbonyl (C=O) groups excluding carboxylic acids is 1. The van der Waals surface area contributed by atoms with Crippen LogP contribution in [-0.2, 0) is 17.6 Å². The van der Waals surface area contributed by atoms with Crippen molar-refractivity contribution < 1.29 is 4.79 Å². The number of para-hydroxylation sites is 1. The molecule has 0 aliphatic heterocycles. The monoisotopic (exact) mass is 476 g/mol. The minimum Gasteiger partial charge on any atom is -0.325 e. The molecule has 1 N–H and O–H groups in total. The lowest BCUT2D eigenvalue weighted by molar-refractivity contribution is -0.113. The SMILES string of the molecule is O=C(CSc1nc2nc3c(cc2c(=O)n1-c1ccccc1)CCCC3)Nc1ccc(Cl)cc1. The number of halogens is 1. The molecular weight excluding hydrogens is 456 g/mol. The third-order valence-electron chi connectivity index (χ3n) is 5.58. The molecule has 0 spiro atoms. The number of amides is 1. The van der Waals surface area contributed by atoms with Gasteiger partial charge in [0.1, 0.15) is 0 Å². The maximum absolute atomic E-state index is 13.6. The molecule has 4 aromatic rings. The lowest BCUT2D eigenvalue weighted by Crippen LogP contribution is -2.24. The Morgan fingerprint density at radius 1 is 1.03 bits per heavy atom. The van der Waals surface area contributed by atoms with Gasteiger partial charge in [0.05, 0.1) is 16.8 Å². The molecule has 1 aliphatic rings. The summed E-state index contributed by atoms with van der Waals surface area (Å²) in [5, 5.41) is 4.39. The van der Waals surface area contributed by atoms with Crippen LogP contribution in [0.1, 0.15) is 24.1 Å². The summed E-state index contributed by atoms with van der Waals surface area (Å²) in [6, 6.07) is 18.2. The number of carbonyl (C=O) groups is 1. The van der Waals surface area contributed by atoms with Crippen molar-refractivity contribution in [2.45, 2.75) is 30.8 Å². The van der Waals surface area contributed by atoms with Crippen molar-refractivity contribution in [1.29, 1.82) is 0 Å². The van der Waals surface area contributed by atoms with Gasteiger partial charge < -0.3 is 5.32 Å². The number of aryl methyl sites for hydroxylation is 2. The maximum Gasteiger partial charge on any atom is 0.268 e. The van der Waals surface area contributed by atoms with Gasteiger partial charge in [-0.15, -0.1) is 0 Å². The third-order valence-corrected chi connectivity index (χ3v) is 6.77. The summed E-state index contributed by atoms with van der Waals surface area (Å²) < 4.78 is 1.57. The van der Waals surface area contributed by atoms with Crippen molar-refractivity contribution in [2.24, 2.45) is 0 Å². The highest BCUT2D eigenvalue weighted by Gasteiger charge is 2.19. The molecule has 5 rings (SSSR count). The Bertz CT molecular complexity index is 1390. The summed E-state index contributed by atoms with van der Waals surface area (Å²) in [5.74, 6) is -0.104. The van der Waals surface area contributed by atoms with Crippen LogP contribution in [0.3, 0.4) is 0 Å².